The molecule has 0 spiro atoms. The second-order valence-corrected chi connectivity index (χ2v) is 8.13. The van der Waals surface area contributed by atoms with Crippen LogP contribution in [0.5, 0.6) is 0 Å². The van der Waals surface area contributed by atoms with Crippen molar-refractivity contribution in [1.82, 2.24) is 5.32 Å². The second-order valence-electron chi connectivity index (χ2n) is 5.90. The van der Waals surface area contributed by atoms with Gasteiger partial charge in [-0.3, -0.25) is 0 Å². The third kappa shape index (κ3) is 3.41. The van der Waals surface area contributed by atoms with Gasteiger partial charge < -0.3 is 5.32 Å². The quantitative estimate of drug-likeness (QED) is 0.908. The monoisotopic (exact) mass is 295 g/mol. The molecule has 4 heteroatoms. The van der Waals surface area contributed by atoms with Crippen LogP contribution in [-0.4, -0.2) is 26.5 Å². The van der Waals surface area contributed by atoms with E-state index in [-0.39, 0.29) is 12.0 Å². The molecule has 1 aliphatic rings. The topological polar surface area (TPSA) is 46.2 Å². The standard InChI is InChI=1S/C16H25NO2S/c1-4-9-17-16(14-8-10-20(18,19)11-14)15-12(2)6-5-7-13(15)3/h5-7,14,16-17H,4,8-11H2,1-3H3. The molecule has 1 fully saturated rings. The van der Waals surface area contributed by atoms with Gasteiger partial charge in [0, 0.05) is 6.04 Å². The maximum Gasteiger partial charge on any atom is 0.150 e. The molecule has 2 rings (SSSR count). The minimum Gasteiger partial charge on any atom is -0.310 e. The van der Waals surface area contributed by atoms with E-state index in [1.165, 1.54) is 16.7 Å². The summed E-state index contributed by atoms with van der Waals surface area (Å²) in [5, 5.41) is 3.58. The second kappa shape index (κ2) is 6.27. The Bertz CT molecular complexity index is 546. The predicted molar refractivity (Wildman–Crippen MR) is 83.7 cm³/mol. The van der Waals surface area contributed by atoms with E-state index in [4.69, 9.17) is 0 Å². The van der Waals surface area contributed by atoms with Crippen LogP contribution in [0.4, 0.5) is 0 Å². The Morgan fingerprint density at radius 3 is 2.45 bits per heavy atom. The zero-order chi connectivity index (χ0) is 14.8. The lowest BCUT2D eigenvalue weighted by Gasteiger charge is -2.27. The van der Waals surface area contributed by atoms with Crippen LogP contribution in [0, 0.1) is 19.8 Å². The Balaban J connectivity index is 2.33. The number of nitrogens with one attached hydrogen (secondary N) is 1. The van der Waals surface area contributed by atoms with Gasteiger partial charge in [0.2, 0.25) is 0 Å². The molecule has 0 amide bonds. The van der Waals surface area contributed by atoms with Crippen LogP contribution in [0.25, 0.3) is 0 Å². The molecule has 1 heterocycles. The van der Waals surface area contributed by atoms with Crippen LogP contribution in [-0.2, 0) is 9.84 Å². The van der Waals surface area contributed by atoms with Crippen LogP contribution in [0.2, 0.25) is 0 Å². The fourth-order valence-corrected chi connectivity index (χ4v) is 5.05. The molecule has 2 atom stereocenters. The van der Waals surface area contributed by atoms with Crippen molar-refractivity contribution < 1.29 is 8.42 Å². The molecular formula is C16H25NO2S. The number of benzene rings is 1. The van der Waals surface area contributed by atoms with Crippen LogP contribution >= 0.6 is 0 Å². The van der Waals surface area contributed by atoms with Crippen molar-refractivity contribution in [3.8, 4) is 0 Å². The van der Waals surface area contributed by atoms with E-state index in [9.17, 15) is 8.42 Å². The first-order valence-corrected chi connectivity index (χ1v) is 9.26. The zero-order valence-electron chi connectivity index (χ0n) is 12.6. The molecule has 3 nitrogen and oxygen atoms in total. The fourth-order valence-electron chi connectivity index (χ4n) is 3.21. The molecule has 0 aliphatic carbocycles. The van der Waals surface area contributed by atoms with E-state index in [1.54, 1.807) is 0 Å². The van der Waals surface area contributed by atoms with Gasteiger partial charge in [0.15, 0.2) is 9.84 Å². The van der Waals surface area contributed by atoms with E-state index in [2.05, 4.69) is 44.3 Å². The molecule has 0 bridgehead atoms. The van der Waals surface area contributed by atoms with E-state index in [0.717, 1.165) is 19.4 Å². The van der Waals surface area contributed by atoms with Crippen molar-refractivity contribution in [3.05, 3.63) is 34.9 Å². The molecule has 1 aliphatic heterocycles. The van der Waals surface area contributed by atoms with Gasteiger partial charge in [-0.05, 0) is 55.8 Å². The number of aryl methyl sites for hydroxylation is 2. The van der Waals surface area contributed by atoms with Gasteiger partial charge in [0.25, 0.3) is 0 Å². The summed E-state index contributed by atoms with van der Waals surface area (Å²) in [5.41, 5.74) is 3.80. The summed E-state index contributed by atoms with van der Waals surface area (Å²) in [6.07, 6.45) is 1.83. The Kier molecular flexibility index (Phi) is 4.86. The molecule has 0 aromatic heterocycles. The third-order valence-electron chi connectivity index (χ3n) is 4.21. The molecule has 20 heavy (non-hydrogen) atoms. The van der Waals surface area contributed by atoms with Gasteiger partial charge in [0.05, 0.1) is 11.5 Å². The number of sulfone groups is 1. The van der Waals surface area contributed by atoms with Crippen molar-refractivity contribution in [1.29, 1.82) is 0 Å². The Labute approximate surface area is 122 Å². The first kappa shape index (κ1) is 15.5. The van der Waals surface area contributed by atoms with Crippen LogP contribution < -0.4 is 5.32 Å². The summed E-state index contributed by atoms with van der Waals surface area (Å²) < 4.78 is 23.6. The van der Waals surface area contributed by atoms with Crippen molar-refractivity contribution in [3.63, 3.8) is 0 Å². The summed E-state index contributed by atoms with van der Waals surface area (Å²) in [4.78, 5) is 0. The molecule has 0 saturated carbocycles. The van der Waals surface area contributed by atoms with Crippen molar-refractivity contribution in [2.24, 2.45) is 5.92 Å². The van der Waals surface area contributed by atoms with Crippen LogP contribution in [0.15, 0.2) is 18.2 Å². The lowest BCUT2D eigenvalue weighted by molar-refractivity contribution is 0.390. The van der Waals surface area contributed by atoms with Gasteiger partial charge in [0.1, 0.15) is 0 Å². The summed E-state index contributed by atoms with van der Waals surface area (Å²) in [6, 6.07) is 6.46. The fraction of sp³-hybridized carbons (Fsp3) is 0.625. The number of hydrogen-bond donors (Lipinski definition) is 1. The van der Waals surface area contributed by atoms with E-state index in [1.807, 2.05) is 0 Å². The summed E-state index contributed by atoms with van der Waals surface area (Å²) in [6.45, 7) is 7.30. The van der Waals surface area contributed by atoms with Gasteiger partial charge >= 0.3 is 0 Å². The maximum atomic E-state index is 11.8. The zero-order valence-corrected chi connectivity index (χ0v) is 13.5. The molecule has 2 unspecified atom stereocenters. The SMILES string of the molecule is CCCNC(c1c(C)cccc1C)C1CCS(=O)(=O)C1. The van der Waals surface area contributed by atoms with Crippen LogP contribution in [0.1, 0.15) is 42.5 Å². The number of rotatable bonds is 5. The average Bonchev–Trinajstić information content (AvgIpc) is 2.73. The minimum absolute atomic E-state index is 0.161. The lowest BCUT2D eigenvalue weighted by Crippen LogP contribution is -2.31. The van der Waals surface area contributed by atoms with E-state index < -0.39 is 9.84 Å². The highest BCUT2D eigenvalue weighted by atomic mass is 32.2. The smallest absolute Gasteiger partial charge is 0.150 e. The van der Waals surface area contributed by atoms with Crippen LogP contribution in [0.3, 0.4) is 0 Å². The molecule has 1 saturated heterocycles. The molecule has 112 valence electrons. The minimum atomic E-state index is -2.84. The summed E-state index contributed by atoms with van der Waals surface area (Å²) >= 11 is 0. The highest BCUT2D eigenvalue weighted by Crippen LogP contribution is 2.34. The lowest BCUT2D eigenvalue weighted by atomic mass is 9.87. The summed E-state index contributed by atoms with van der Waals surface area (Å²) in [5.74, 6) is 0.862. The van der Waals surface area contributed by atoms with Gasteiger partial charge in [-0.15, -0.1) is 0 Å². The average molecular weight is 295 g/mol. The van der Waals surface area contributed by atoms with Gasteiger partial charge in [-0.1, -0.05) is 25.1 Å². The number of hydrogen-bond acceptors (Lipinski definition) is 3. The largest absolute Gasteiger partial charge is 0.310 e. The molecule has 1 N–H and O–H groups in total. The Morgan fingerprint density at radius 2 is 1.95 bits per heavy atom. The van der Waals surface area contributed by atoms with E-state index in [0.29, 0.717) is 11.5 Å². The summed E-state index contributed by atoms with van der Waals surface area (Å²) in [7, 11) is -2.84. The highest BCUT2D eigenvalue weighted by Gasteiger charge is 2.35. The molecule has 1 aromatic rings. The van der Waals surface area contributed by atoms with E-state index >= 15 is 0 Å². The van der Waals surface area contributed by atoms with Crippen molar-refractivity contribution >= 4 is 9.84 Å². The van der Waals surface area contributed by atoms with Gasteiger partial charge in [-0.2, -0.15) is 0 Å². The first-order chi connectivity index (χ1) is 9.44. The third-order valence-corrected chi connectivity index (χ3v) is 6.00. The highest BCUT2D eigenvalue weighted by molar-refractivity contribution is 7.91. The Morgan fingerprint density at radius 1 is 1.30 bits per heavy atom. The maximum absolute atomic E-state index is 11.8. The Hall–Kier alpha value is -0.870. The van der Waals surface area contributed by atoms with Gasteiger partial charge in [-0.25, -0.2) is 8.42 Å². The van der Waals surface area contributed by atoms with Crippen molar-refractivity contribution in [2.75, 3.05) is 18.1 Å². The first-order valence-electron chi connectivity index (χ1n) is 7.44. The van der Waals surface area contributed by atoms with Crippen molar-refractivity contribution in [2.45, 2.75) is 39.7 Å². The normalized spacial score (nSPS) is 22.9. The molecular weight excluding hydrogens is 270 g/mol. The molecule has 1 aromatic carbocycles. The predicted octanol–water partition coefficient (Wildman–Crippen LogP) is 2.78. The molecule has 0 radical (unpaired) electrons.